The summed E-state index contributed by atoms with van der Waals surface area (Å²) in [5.74, 6) is 0.242. The number of hydrogen-bond acceptors (Lipinski definition) is 6. The van der Waals surface area contributed by atoms with E-state index in [1.165, 1.54) is 0 Å². The lowest BCUT2D eigenvalue weighted by molar-refractivity contribution is -0.131. The van der Waals surface area contributed by atoms with Gasteiger partial charge in [0.05, 0.1) is 11.6 Å². The first-order valence-electron chi connectivity index (χ1n) is 9.00. The average molecular weight is 387 g/mol. The number of aromatic nitrogens is 2. The molecule has 144 valence electrons. The van der Waals surface area contributed by atoms with E-state index >= 15 is 0 Å². The van der Waals surface area contributed by atoms with Gasteiger partial charge in [0.2, 0.25) is 5.89 Å². The van der Waals surface area contributed by atoms with Crippen LogP contribution in [0.4, 0.5) is 4.79 Å². The van der Waals surface area contributed by atoms with E-state index in [9.17, 15) is 9.59 Å². The molecule has 8 heteroatoms. The van der Waals surface area contributed by atoms with E-state index in [0.29, 0.717) is 23.4 Å². The normalized spacial score (nSPS) is 18.6. The summed E-state index contributed by atoms with van der Waals surface area (Å²) in [6.07, 6.45) is 0.493. The van der Waals surface area contributed by atoms with Crippen LogP contribution in [0.5, 0.6) is 0 Å². The number of nitriles is 1. The highest BCUT2D eigenvalue weighted by molar-refractivity contribution is 6.07. The molecule has 0 radical (unpaired) electrons. The Hall–Kier alpha value is -3.99. The highest BCUT2D eigenvalue weighted by atomic mass is 16.5. The predicted octanol–water partition coefficient (Wildman–Crippen LogP) is 2.50. The molecular formula is C21H17N5O3. The van der Waals surface area contributed by atoms with E-state index in [4.69, 9.17) is 9.78 Å². The van der Waals surface area contributed by atoms with Gasteiger partial charge in [0.25, 0.3) is 5.91 Å². The average Bonchev–Trinajstić information content (AvgIpc) is 3.27. The number of imide groups is 1. The van der Waals surface area contributed by atoms with Crippen LogP contribution in [-0.4, -0.2) is 27.0 Å². The van der Waals surface area contributed by atoms with Crippen molar-refractivity contribution in [1.82, 2.24) is 20.4 Å². The zero-order valence-electron chi connectivity index (χ0n) is 15.6. The summed E-state index contributed by atoms with van der Waals surface area (Å²) in [4.78, 5) is 30.8. The first-order valence-corrected chi connectivity index (χ1v) is 9.00. The molecule has 4 rings (SSSR count). The quantitative estimate of drug-likeness (QED) is 0.673. The Morgan fingerprint density at radius 3 is 2.55 bits per heavy atom. The molecular weight excluding hydrogens is 370 g/mol. The zero-order chi connectivity index (χ0) is 20.4. The van der Waals surface area contributed by atoms with Crippen molar-refractivity contribution in [3.05, 3.63) is 83.0 Å². The molecule has 1 fully saturated rings. The third kappa shape index (κ3) is 3.46. The van der Waals surface area contributed by atoms with E-state index in [1.807, 2.05) is 36.4 Å². The van der Waals surface area contributed by atoms with E-state index < -0.39 is 17.5 Å². The van der Waals surface area contributed by atoms with Crippen LogP contribution < -0.4 is 5.32 Å². The van der Waals surface area contributed by atoms with Gasteiger partial charge in [-0.05, 0) is 30.2 Å². The summed E-state index contributed by atoms with van der Waals surface area (Å²) >= 11 is 0. The Labute approximate surface area is 166 Å². The fraction of sp³-hybridized carbons (Fsp3) is 0.190. The van der Waals surface area contributed by atoms with Gasteiger partial charge in [0, 0.05) is 6.42 Å². The maximum Gasteiger partial charge on any atom is 0.325 e. The number of nitrogens with one attached hydrogen (secondary N) is 1. The molecule has 1 unspecified atom stereocenters. The van der Waals surface area contributed by atoms with Gasteiger partial charge < -0.3 is 9.84 Å². The van der Waals surface area contributed by atoms with Gasteiger partial charge in [0.1, 0.15) is 12.1 Å². The molecule has 1 aliphatic rings. The fourth-order valence-corrected chi connectivity index (χ4v) is 3.25. The van der Waals surface area contributed by atoms with Crippen molar-refractivity contribution >= 4 is 11.9 Å². The molecule has 0 bridgehead atoms. The molecule has 8 nitrogen and oxygen atoms in total. The van der Waals surface area contributed by atoms with Gasteiger partial charge in [0.15, 0.2) is 5.82 Å². The molecule has 2 heterocycles. The summed E-state index contributed by atoms with van der Waals surface area (Å²) in [5.41, 5.74) is 0.872. The molecule has 3 aromatic rings. The SMILES string of the molecule is CC1(c2ccc(C#N)cc2)NC(=O)N(Cc2nc(Cc3ccccc3)no2)C1=O. The minimum atomic E-state index is -1.22. The second-order valence-corrected chi connectivity index (χ2v) is 6.90. The standard InChI is InChI=1S/C21H17N5O3/c1-21(16-9-7-15(12-22)8-10-16)19(27)26(20(28)24-21)13-18-23-17(25-29-18)11-14-5-3-2-4-6-14/h2-10H,11,13H2,1H3,(H,24,28). The maximum absolute atomic E-state index is 13.0. The van der Waals surface area contributed by atoms with E-state index in [1.54, 1.807) is 31.2 Å². The van der Waals surface area contributed by atoms with Gasteiger partial charge in [-0.1, -0.05) is 47.6 Å². The molecule has 1 N–H and O–H groups in total. The Morgan fingerprint density at radius 2 is 1.86 bits per heavy atom. The summed E-state index contributed by atoms with van der Waals surface area (Å²) in [6, 6.07) is 17.7. The van der Waals surface area contributed by atoms with Gasteiger partial charge in [-0.2, -0.15) is 10.2 Å². The fourth-order valence-electron chi connectivity index (χ4n) is 3.25. The number of amides is 3. The highest BCUT2D eigenvalue weighted by Gasteiger charge is 2.49. The second-order valence-electron chi connectivity index (χ2n) is 6.90. The van der Waals surface area contributed by atoms with E-state index in [-0.39, 0.29) is 12.4 Å². The second kappa shape index (κ2) is 7.20. The lowest BCUT2D eigenvalue weighted by Crippen LogP contribution is -2.40. The first kappa shape index (κ1) is 18.4. The van der Waals surface area contributed by atoms with Gasteiger partial charge in [-0.3, -0.25) is 9.69 Å². The van der Waals surface area contributed by atoms with E-state index in [2.05, 4.69) is 15.5 Å². The minimum Gasteiger partial charge on any atom is -0.337 e. The Bertz CT molecular complexity index is 1100. The molecule has 0 saturated carbocycles. The first-order chi connectivity index (χ1) is 14.0. The lowest BCUT2D eigenvalue weighted by atomic mass is 9.91. The number of nitrogens with zero attached hydrogens (tertiary/aromatic N) is 4. The van der Waals surface area contributed by atoms with Crippen molar-refractivity contribution in [2.24, 2.45) is 0 Å². The molecule has 1 atom stereocenters. The Morgan fingerprint density at radius 1 is 1.14 bits per heavy atom. The smallest absolute Gasteiger partial charge is 0.325 e. The van der Waals surface area contributed by atoms with Crippen LogP contribution in [0.3, 0.4) is 0 Å². The predicted molar refractivity (Wildman–Crippen MR) is 101 cm³/mol. The molecule has 1 aliphatic heterocycles. The number of carbonyl (C=O) groups is 2. The third-order valence-corrected chi connectivity index (χ3v) is 4.87. The largest absolute Gasteiger partial charge is 0.337 e. The Kier molecular flexibility index (Phi) is 4.56. The van der Waals surface area contributed by atoms with Crippen LogP contribution in [0.1, 0.15) is 35.3 Å². The zero-order valence-corrected chi connectivity index (χ0v) is 15.6. The number of rotatable bonds is 5. The van der Waals surface area contributed by atoms with Crippen LogP contribution in [-0.2, 0) is 23.3 Å². The number of hydrogen-bond donors (Lipinski definition) is 1. The summed E-state index contributed by atoms with van der Waals surface area (Å²) < 4.78 is 5.23. The van der Waals surface area contributed by atoms with Crippen LogP contribution in [0.15, 0.2) is 59.1 Å². The number of urea groups is 1. The van der Waals surface area contributed by atoms with Gasteiger partial charge >= 0.3 is 6.03 Å². The van der Waals surface area contributed by atoms with Crippen molar-refractivity contribution in [1.29, 1.82) is 5.26 Å². The lowest BCUT2D eigenvalue weighted by Gasteiger charge is -2.21. The summed E-state index contributed by atoms with van der Waals surface area (Å²) in [6.45, 7) is 1.52. The van der Waals surface area contributed by atoms with Crippen molar-refractivity contribution in [3.63, 3.8) is 0 Å². The minimum absolute atomic E-state index is 0.113. The van der Waals surface area contributed by atoms with Crippen LogP contribution in [0.25, 0.3) is 0 Å². The van der Waals surface area contributed by atoms with Crippen molar-refractivity contribution in [2.45, 2.75) is 25.4 Å². The molecule has 29 heavy (non-hydrogen) atoms. The van der Waals surface area contributed by atoms with Crippen LogP contribution in [0, 0.1) is 11.3 Å². The highest BCUT2D eigenvalue weighted by Crippen LogP contribution is 2.29. The number of carbonyl (C=O) groups excluding carboxylic acids is 2. The Balaban J connectivity index is 1.50. The topological polar surface area (TPSA) is 112 Å². The summed E-state index contributed by atoms with van der Waals surface area (Å²) in [7, 11) is 0. The monoisotopic (exact) mass is 387 g/mol. The van der Waals surface area contributed by atoms with Crippen LogP contribution >= 0.6 is 0 Å². The molecule has 0 aliphatic carbocycles. The van der Waals surface area contributed by atoms with Crippen LogP contribution in [0.2, 0.25) is 0 Å². The molecule has 1 aromatic heterocycles. The molecule has 1 saturated heterocycles. The van der Waals surface area contributed by atoms with Crippen molar-refractivity contribution in [3.8, 4) is 6.07 Å². The molecule has 2 aromatic carbocycles. The van der Waals surface area contributed by atoms with Crippen molar-refractivity contribution < 1.29 is 14.1 Å². The van der Waals surface area contributed by atoms with Crippen molar-refractivity contribution in [2.75, 3.05) is 0 Å². The van der Waals surface area contributed by atoms with E-state index in [0.717, 1.165) is 10.5 Å². The number of benzene rings is 2. The molecule has 0 spiro atoms. The maximum atomic E-state index is 13.0. The summed E-state index contributed by atoms with van der Waals surface area (Å²) in [5, 5.41) is 15.6. The van der Waals surface area contributed by atoms with Gasteiger partial charge in [-0.25, -0.2) is 4.79 Å². The molecule has 3 amide bonds. The van der Waals surface area contributed by atoms with Gasteiger partial charge in [-0.15, -0.1) is 0 Å². The third-order valence-electron chi connectivity index (χ3n) is 4.87.